The molecule has 0 saturated carbocycles. The molecule has 0 unspecified atom stereocenters. The zero-order valence-electron chi connectivity index (χ0n) is 10.8. The van der Waals surface area contributed by atoms with Gasteiger partial charge in [0.05, 0.1) is 0 Å². The van der Waals surface area contributed by atoms with Crippen molar-refractivity contribution >= 4 is 22.5 Å². The lowest BCUT2D eigenvalue weighted by Gasteiger charge is -2.07. The van der Waals surface area contributed by atoms with Crippen molar-refractivity contribution in [3.63, 3.8) is 0 Å². The maximum atomic E-state index is 11.6. The number of amides is 2. The zero-order valence-corrected chi connectivity index (χ0v) is 11.6. The molecular weight excluding hydrogens is 280 g/mol. The fraction of sp³-hybridized carbons (Fsp3) is 0.250. The number of carbonyl (C=O) groups excluding carboxylic acids is 1. The molecule has 0 saturated heterocycles. The second-order valence-corrected chi connectivity index (χ2v) is 5.04. The molecule has 8 heteroatoms. The molecule has 0 atom stereocenters. The molecule has 1 aromatic heterocycles. The van der Waals surface area contributed by atoms with Gasteiger partial charge in [-0.15, -0.1) is 10.2 Å². The van der Waals surface area contributed by atoms with Gasteiger partial charge in [-0.1, -0.05) is 18.3 Å². The third-order valence-corrected chi connectivity index (χ3v) is 3.48. The summed E-state index contributed by atoms with van der Waals surface area (Å²) < 4.78 is 0. The summed E-state index contributed by atoms with van der Waals surface area (Å²) in [5.41, 5.74) is 0.504. The van der Waals surface area contributed by atoms with Crippen LogP contribution in [0.2, 0.25) is 0 Å². The number of carbonyl (C=O) groups is 1. The average molecular weight is 294 g/mol. The van der Waals surface area contributed by atoms with Crippen LogP contribution in [0.15, 0.2) is 18.2 Å². The number of phenols is 2. The van der Waals surface area contributed by atoms with E-state index >= 15 is 0 Å². The molecule has 0 aliphatic rings. The number of aromatic nitrogens is 2. The minimum Gasteiger partial charge on any atom is -0.508 e. The number of hydrogen-bond donors (Lipinski definition) is 4. The summed E-state index contributed by atoms with van der Waals surface area (Å²) >= 11 is 1.31. The summed E-state index contributed by atoms with van der Waals surface area (Å²) in [5, 5.41) is 32.9. The van der Waals surface area contributed by atoms with Gasteiger partial charge in [-0.3, -0.25) is 5.32 Å². The molecule has 0 fully saturated rings. The predicted molar refractivity (Wildman–Crippen MR) is 74.9 cm³/mol. The molecule has 0 aliphatic carbocycles. The van der Waals surface area contributed by atoms with Gasteiger partial charge in [0.25, 0.3) is 0 Å². The van der Waals surface area contributed by atoms with E-state index in [0.717, 1.165) is 11.4 Å². The van der Waals surface area contributed by atoms with Crippen molar-refractivity contribution in [1.29, 1.82) is 0 Å². The van der Waals surface area contributed by atoms with Gasteiger partial charge in [-0.2, -0.15) is 0 Å². The number of nitrogens with one attached hydrogen (secondary N) is 2. The molecule has 20 heavy (non-hydrogen) atoms. The number of urea groups is 1. The van der Waals surface area contributed by atoms with Gasteiger partial charge in [0.2, 0.25) is 5.13 Å². The lowest BCUT2D eigenvalue weighted by atomic mass is 10.2. The Bertz CT molecular complexity index is 614. The predicted octanol–water partition coefficient (Wildman–Crippen LogP) is 1.83. The first kappa shape index (κ1) is 14.1. The largest absolute Gasteiger partial charge is 0.508 e. The first-order chi connectivity index (χ1) is 9.58. The maximum Gasteiger partial charge on any atom is 0.321 e. The van der Waals surface area contributed by atoms with Crippen molar-refractivity contribution in [3.05, 3.63) is 28.8 Å². The zero-order chi connectivity index (χ0) is 14.5. The molecule has 2 rings (SSSR count). The smallest absolute Gasteiger partial charge is 0.321 e. The van der Waals surface area contributed by atoms with Gasteiger partial charge < -0.3 is 15.5 Å². The van der Waals surface area contributed by atoms with E-state index in [9.17, 15) is 9.90 Å². The van der Waals surface area contributed by atoms with Crippen LogP contribution in [0.25, 0.3) is 0 Å². The standard InChI is InChI=1S/C12H14N4O3S/c1-2-10-15-16-12(20-10)14-11(19)13-6-7-3-4-8(17)5-9(7)18/h3-5,17-18H,2,6H2,1H3,(H2,13,14,16,19). The number of benzene rings is 1. The molecule has 0 spiro atoms. The van der Waals surface area contributed by atoms with E-state index in [1.807, 2.05) is 6.92 Å². The van der Waals surface area contributed by atoms with E-state index in [4.69, 9.17) is 5.11 Å². The number of hydrogen-bond acceptors (Lipinski definition) is 6. The molecular formula is C12H14N4O3S. The number of rotatable bonds is 4. The summed E-state index contributed by atoms with van der Waals surface area (Å²) in [4.78, 5) is 11.6. The van der Waals surface area contributed by atoms with Crippen molar-refractivity contribution in [2.45, 2.75) is 19.9 Å². The van der Waals surface area contributed by atoms with Crippen molar-refractivity contribution in [2.24, 2.45) is 0 Å². The highest BCUT2D eigenvalue weighted by atomic mass is 32.1. The number of nitrogens with zero attached hydrogens (tertiary/aromatic N) is 2. The fourth-order valence-corrected chi connectivity index (χ4v) is 2.14. The van der Waals surface area contributed by atoms with Gasteiger partial charge in [-0.05, 0) is 18.6 Å². The molecule has 4 N–H and O–H groups in total. The van der Waals surface area contributed by atoms with E-state index in [-0.39, 0.29) is 18.0 Å². The number of anilines is 1. The summed E-state index contributed by atoms with van der Waals surface area (Å²) in [6, 6.07) is 3.75. The Morgan fingerprint density at radius 3 is 2.80 bits per heavy atom. The molecule has 0 bridgehead atoms. The minimum atomic E-state index is -0.434. The van der Waals surface area contributed by atoms with E-state index in [1.165, 1.54) is 29.5 Å². The highest BCUT2D eigenvalue weighted by Crippen LogP contribution is 2.22. The molecule has 1 heterocycles. The first-order valence-corrected chi connectivity index (χ1v) is 6.78. The van der Waals surface area contributed by atoms with E-state index in [0.29, 0.717) is 10.7 Å². The Kier molecular flexibility index (Phi) is 4.36. The number of phenolic OH excluding ortho intramolecular Hbond substituents is 2. The normalized spacial score (nSPS) is 10.2. The highest BCUT2D eigenvalue weighted by molar-refractivity contribution is 7.15. The summed E-state index contributed by atoms with van der Waals surface area (Å²) in [7, 11) is 0. The van der Waals surface area contributed by atoms with Gasteiger partial charge in [0.1, 0.15) is 16.5 Å². The van der Waals surface area contributed by atoms with Crippen LogP contribution in [0.3, 0.4) is 0 Å². The summed E-state index contributed by atoms with van der Waals surface area (Å²) in [6.07, 6.45) is 0.766. The van der Waals surface area contributed by atoms with Crippen LogP contribution in [0.4, 0.5) is 9.93 Å². The lowest BCUT2D eigenvalue weighted by molar-refractivity contribution is 0.251. The van der Waals surface area contributed by atoms with Crippen molar-refractivity contribution in [3.8, 4) is 11.5 Å². The maximum absolute atomic E-state index is 11.6. The quantitative estimate of drug-likeness (QED) is 0.688. The molecule has 2 amide bonds. The highest BCUT2D eigenvalue weighted by Gasteiger charge is 2.08. The second kappa shape index (κ2) is 6.20. The lowest BCUT2D eigenvalue weighted by Crippen LogP contribution is -2.28. The van der Waals surface area contributed by atoms with Crippen LogP contribution >= 0.6 is 11.3 Å². The molecule has 106 valence electrons. The van der Waals surface area contributed by atoms with Crippen molar-refractivity contribution < 1.29 is 15.0 Å². The molecule has 7 nitrogen and oxygen atoms in total. The van der Waals surface area contributed by atoms with Crippen LogP contribution in [0, 0.1) is 0 Å². The molecule has 2 aromatic rings. The van der Waals surface area contributed by atoms with Crippen molar-refractivity contribution in [2.75, 3.05) is 5.32 Å². The summed E-state index contributed by atoms with van der Waals surface area (Å²) in [6.45, 7) is 2.09. The second-order valence-electron chi connectivity index (χ2n) is 3.98. The van der Waals surface area contributed by atoms with E-state index in [1.54, 1.807) is 0 Å². The fourth-order valence-electron chi connectivity index (χ4n) is 1.47. The Morgan fingerprint density at radius 2 is 2.15 bits per heavy atom. The minimum absolute atomic E-state index is 0.0309. The van der Waals surface area contributed by atoms with Crippen LogP contribution in [0.5, 0.6) is 11.5 Å². The SMILES string of the molecule is CCc1nnc(NC(=O)NCc2ccc(O)cc2O)s1. The van der Waals surface area contributed by atoms with Crippen LogP contribution in [-0.4, -0.2) is 26.4 Å². The average Bonchev–Trinajstić information content (AvgIpc) is 2.85. The van der Waals surface area contributed by atoms with Gasteiger partial charge >= 0.3 is 6.03 Å². The Balaban J connectivity index is 1.88. The first-order valence-electron chi connectivity index (χ1n) is 5.96. The number of aryl methyl sites for hydroxylation is 1. The van der Waals surface area contributed by atoms with Gasteiger partial charge in [0.15, 0.2) is 0 Å². The Morgan fingerprint density at radius 1 is 1.35 bits per heavy atom. The Labute approximate surface area is 119 Å². The monoisotopic (exact) mass is 294 g/mol. The van der Waals surface area contributed by atoms with Crippen LogP contribution < -0.4 is 10.6 Å². The van der Waals surface area contributed by atoms with Crippen LogP contribution in [0.1, 0.15) is 17.5 Å². The van der Waals surface area contributed by atoms with Crippen molar-refractivity contribution in [1.82, 2.24) is 15.5 Å². The third kappa shape index (κ3) is 3.58. The summed E-state index contributed by atoms with van der Waals surface area (Å²) in [5.74, 6) is -0.105. The van der Waals surface area contributed by atoms with Gasteiger partial charge in [-0.25, -0.2) is 4.79 Å². The van der Waals surface area contributed by atoms with Gasteiger partial charge in [0, 0.05) is 18.2 Å². The van der Waals surface area contributed by atoms with E-state index < -0.39 is 6.03 Å². The molecule has 0 radical (unpaired) electrons. The number of aromatic hydroxyl groups is 2. The van der Waals surface area contributed by atoms with Crippen LogP contribution in [-0.2, 0) is 13.0 Å². The third-order valence-electron chi connectivity index (χ3n) is 2.50. The molecule has 1 aromatic carbocycles. The Hall–Kier alpha value is -2.35. The topological polar surface area (TPSA) is 107 Å². The molecule has 0 aliphatic heterocycles. The van der Waals surface area contributed by atoms with E-state index in [2.05, 4.69) is 20.8 Å².